The standard InChI is InChI=1S/C5H4O4S/c6-2-1-10-5(9)3(2)4(7)8/h3H,1H2,(H,7,8). The SMILES string of the molecule is O=C(O)C1C(=O)CSC1=O. The van der Waals surface area contributed by atoms with Crippen molar-refractivity contribution in [1.82, 2.24) is 0 Å². The maximum Gasteiger partial charge on any atom is 0.322 e. The summed E-state index contributed by atoms with van der Waals surface area (Å²) in [6, 6.07) is 0. The summed E-state index contributed by atoms with van der Waals surface area (Å²) in [4.78, 5) is 31.4. The molecule has 4 nitrogen and oxygen atoms in total. The molecule has 1 heterocycles. The number of carboxylic acids is 1. The smallest absolute Gasteiger partial charge is 0.322 e. The van der Waals surface area contributed by atoms with Gasteiger partial charge in [-0.05, 0) is 0 Å². The molecule has 1 rings (SSSR count). The van der Waals surface area contributed by atoms with Crippen molar-refractivity contribution < 1.29 is 19.5 Å². The largest absolute Gasteiger partial charge is 0.480 e. The molecule has 0 bridgehead atoms. The third-order valence-corrected chi connectivity index (χ3v) is 2.11. The third-order valence-electron chi connectivity index (χ3n) is 1.16. The van der Waals surface area contributed by atoms with Gasteiger partial charge in [0.25, 0.3) is 0 Å². The van der Waals surface area contributed by atoms with E-state index in [2.05, 4.69) is 0 Å². The van der Waals surface area contributed by atoms with Crippen molar-refractivity contribution in [2.24, 2.45) is 5.92 Å². The van der Waals surface area contributed by atoms with Crippen LogP contribution in [0.1, 0.15) is 0 Å². The molecule has 0 aromatic heterocycles. The maximum atomic E-state index is 10.6. The Labute approximate surface area is 60.6 Å². The van der Waals surface area contributed by atoms with E-state index in [0.29, 0.717) is 0 Å². The first-order chi connectivity index (χ1) is 4.63. The number of rotatable bonds is 1. The van der Waals surface area contributed by atoms with E-state index in [1.807, 2.05) is 0 Å². The maximum absolute atomic E-state index is 10.6. The number of hydrogen-bond acceptors (Lipinski definition) is 4. The van der Waals surface area contributed by atoms with E-state index in [-0.39, 0.29) is 5.75 Å². The first kappa shape index (κ1) is 7.27. The number of carbonyl (C=O) groups excluding carboxylic acids is 2. The quantitative estimate of drug-likeness (QED) is 0.525. The minimum atomic E-state index is -1.40. The average molecular weight is 160 g/mol. The van der Waals surface area contributed by atoms with E-state index in [1.54, 1.807) is 0 Å². The summed E-state index contributed by atoms with van der Waals surface area (Å²) in [6.45, 7) is 0. The molecule has 1 fully saturated rings. The van der Waals surface area contributed by atoms with Crippen LogP contribution in [-0.2, 0) is 14.4 Å². The van der Waals surface area contributed by atoms with Crippen molar-refractivity contribution in [1.29, 1.82) is 0 Å². The van der Waals surface area contributed by atoms with E-state index in [9.17, 15) is 14.4 Å². The zero-order valence-corrected chi connectivity index (χ0v) is 5.68. The summed E-state index contributed by atoms with van der Waals surface area (Å²) in [6.07, 6.45) is 0. The molecule has 1 saturated heterocycles. The minimum absolute atomic E-state index is 0.00972. The van der Waals surface area contributed by atoms with Crippen molar-refractivity contribution in [2.75, 3.05) is 5.75 Å². The Morgan fingerprint density at radius 1 is 1.60 bits per heavy atom. The monoisotopic (exact) mass is 160 g/mol. The third kappa shape index (κ3) is 1.04. The van der Waals surface area contributed by atoms with Gasteiger partial charge in [0.2, 0.25) is 5.12 Å². The zero-order valence-electron chi connectivity index (χ0n) is 4.86. The van der Waals surface area contributed by atoms with Gasteiger partial charge in [-0.25, -0.2) is 0 Å². The lowest BCUT2D eigenvalue weighted by molar-refractivity contribution is -0.147. The molecule has 10 heavy (non-hydrogen) atoms. The Morgan fingerprint density at radius 3 is 2.40 bits per heavy atom. The fourth-order valence-electron chi connectivity index (χ4n) is 0.679. The molecule has 5 heteroatoms. The Balaban J connectivity index is 2.82. The van der Waals surface area contributed by atoms with E-state index in [4.69, 9.17) is 5.11 Å². The first-order valence-electron chi connectivity index (χ1n) is 2.55. The summed E-state index contributed by atoms with van der Waals surface area (Å²) in [5, 5.41) is 7.76. The van der Waals surface area contributed by atoms with Crippen LogP contribution in [0.15, 0.2) is 0 Å². The van der Waals surface area contributed by atoms with Crippen LogP contribution in [0.25, 0.3) is 0 Å². The molecule has 0 saturated carbocycles. The summed E-state index contributed by atoms with van der Waals surface area (Å²) in [5.74, 6) is -3.22. The topological polar surface area (TPSA) is 71.4 Å². The van der Waals surface area contributed by atoms with Crippen LogP contribution < -0.4 is 0 Å². The summed E-state index contributed by atoms with van der Waals surface area (Å²) in [5.41, 5.74) is 0. The second-order valence-corrected chi connectivity index (χ2v) is 2.82. The van der Waals surface area contributed by atoms with E-state index in [0.717, 1.165) is 11.8 Å². The Morgan fingerprint density at radius 2 is 2.20 bits per heavy atom. The number of ketones is 1. The van der Waals surface area contributed by atoms with Crippen molar-refractivity contribution in [3.05, 3.63) is 0 Å². The van der Waals surface area contributed by atoms with Gasteiger partial charge in [0, 0.05) is 0 Å². The number of Topliss-reactive ketones (excluding diaryl/α,β-unsaturated/α-hetero) is 1. The molecule has 0 aromatic rings. The number of carboxylic acid groups (broad SMARTS) is 1. The van der Waals surface area contributed by atoms with Crippen molar-refractivity contribution in [3.63, 3.8) is 0 Å². The van der Waals surface area contributed by atoms with Crippen LogP contribution in [0, 0.1) is 5.92 Å². The second kappa shape index (κ2) is 2.42. The van der Waals surface area contributed by atoms with Gasteiger partial charge in [0.05, 0.1) is 5.75 Å². The van der Waals surface area contributed by atoms with Gasteiger partial charge in [-0.2, -0.15) is 0 Å². The molecular formula is C5H4O4S. The molecule has 54 valence electrons. The lowest BCUT2D eigenvalue weighted by Crippen LogP contribution is -2.24. The second-order valence-electron chi connectivity index (χ2n) is 1.85. The molecule has 0 aliphatic carbocycles. The molecule has 0 spiro atoms. The highest BCUT2D eigenvalue weighted by molar-refractivity contribution is 8.15. The molecule has 1 aliphatic heterocycles. The fourth-order valence-corrected chi connectivity index (χ4v) is 1.53. The van der Waals surface area contributed by atoms with Gasteiger partial charge in [0.1, 0.15) is 0 Å². The summed E-state index contributed by atoms with van der Waals surface area (Å²) in [7, 11) is 0. The molecule has 1 N–H and O–H groups in total. The van der Waals surface area contributed by atoms with Crippen molar-refractivity contribution >= 4 is 28.6 Å². The van der Waals surface area contributed by atoms with Crippen LogP contribution in [-0.4, -0.2) is 27.7 Å². The molecule has 0 radical (unpaired) electrons. The molecule has 0 aromatic carbocycles. The van der Waals surface area contributed by atoms with E-state index >= 15 is 0 Å². The lowest BCUT2D eigenvalue weighted by Gasteiger charge is -1.94. The van der Waals surface area contributed by atoms with Crippen LogP contribution >= 0.6 is 11.8 Å². The summed E-state index contributed by atoms with van der Waals surface area (Å²) < 4.78 is 0. The first-order valence-corrected chi connectivity index (χ1v) is 3.53. The van der Waals surface area contributed by atoms with Crippen LogP contribution in [0.2, 0.25) is 0 Å². The molecule has 1 atom stereocenters. The van der Waals surface area contributed by atoms with Gasteiger partial charge in [0.15, 0.2) is 11.7 Å². The normalized spacial score (nSPS) is 25.4. The van der Waals surface area contributed by atoms with Crippen LogP contribution in [0.3, 0.4) is 0 Å². The van der Waals surface area contributed by atoms with Crippen LogP contribution in [0.5, 0.6) is 0 Å². The van der Waals surface area contributed by atoms with Gasteiger partial charge >= 0.3 is 5.97 Å². The fraction of sp³-hybridized carbons (Fsp3) is 0.400. The van der Waals surface area contributed by atoms with Gasteiger partial charge in [-0.1, -0.05) is 11.8 Å². The van der Waals surface area contributed by atoms with Gasteiger partial charge in [-0.3, -0.25) is 14.4 Å². The van der Waals surface area contributed by atoms with E-state index < -0.39 is 22.8 Å². The van der Waals surface area contributed by atoms with Gasteiger partial charge in [-0.15, -0.1) is 0 Å². The summed E-state index contributed by atoms with van der Waals surface area (Å²) >= 11 is 0.772. The molecular weight excluding hydrogens is 156 g/mol. The highest BCUT2D eigenvalue weighted by atomic mass is 32.2. The van der Waals surface area contributed by atoms with Crippen LogP contribution in [0.4, 0.5) is 0 Å². The molecule has 1 unspecified atom stereocenters. The highest BCUT2D eigenvalue weighted by Gasteiger charge is 2.39. The predicted octanol–water partition coefficient (Wildman–Crippen LogP) is -0.470. The molecule has 0 amide bonds. The van der Waals surface area contributed by atoms with Crippen molar-refractivity contribution in [2.45, 2.75) is 0 Å². The Hall–Kier alpha value is -0.840. The Kier molecular flexibility index (Phi) is 1.76. The average Bonchev–Trinajstić information content (AvgIpc) is 2.11. The highest BCUT2D eigenvalue weighted by Crippen LogP contribution is 2.22. The number of hydrogen-bond donors (Lipinski definition) is 1. The molecule has 1 aliphatic rings. The zero-order chi connectivity index (χ0) is 7.72. The number of carbonyl (C=O) groups is 3. The Bertz CT molecular complexity index is 194. The number of thioether (sulfide) groups is 1. The van der Waals surface area contributed by atoms with E-state index in [1.165, 1.54) is 0 Å². The lowest BCUT2D eigenvalue weighted by atomic mass is 10.1. The minimum Gasteiger partial charge on any atom is -0.480 e. The van der Waals surface area contributed by atoms with Gasteiger partial charge < -0.3 is 5.11 Å². The number of aliphatic carboxylic acids is 1. The predicted molar refractivity (Wildman–Crippen MR) is 33.6 cm³/mol. The van der Waals surface area contributed by atoms with Crippen molar-refractivity contribution in [3.8, 4) is 0 Å².